The van der Waals surface area contributed by atoms with Crippen molar-refractivity contribution in [1.82, 2.24) is 10.2 Å². The van der Waals surface area contributed by atoms with Crippen molar-refractivity contribution in [2.24, 2.45) is 5.92 Å². The van der Waals surface area contributed by atoms with Gasteiger partial charge in [-0.25, -0.2) is 0 Å². The van der Waals surface area contributed by atoms with Crippen LogP contribution in [-0.2, 0) is 0 Å². The smallest absolute Gasteiger partial charge is 0.0210 e. The summed E-state index contributed by atoms with van der Waals surface area (Å²) in [6, 6.07) is 2.59. The number of hydrogen-bond donors (Lipinski definition) is 1. The highest BCUT2D eigenvalue weighted by Gasteiger charge is 2.38. The van der Waals surface area contributed by atoms with E-state index < -0.39 is 0 Å². The van der Waals surface area contributed by atoms with E-state index in [4.69, 9.17) is 0 Å². The molecule has 0 bridgehead atoms. The maximum absolute atomic E-state index is 3.74. The molecule has 2 nitrogen and oxygen atoms in total. The van der Waals surface area contributed by atoms with Crippen molar-refractivity contribution in [1.29, 1.82) is 0 Å². The van der Waals surface area contributed by atoms with E-state index in [1.807, 2.05) is 0 Å². The van der Waals surface area contributed by atoms with Crippen LogP contribution in [0.1, 0.15) is 39.0 Å². The maximum atomic E-state index is 3.74. The van der Waals surface area contributed by atoms with Gasteiger partial charge in [0, 0.05) is 24.7 Å². The average molecular weight is 194 g/mol. The lowest BCUT2D eigenvalue weighted by Crippen LogP contribution is -2.35. The quantitative estimate of drug-likeness (QED) is 0.731. The fourth-order valence-corrected chi connectivity index (χ4v) is 2.77. The van der Waals surface area contributed by atoms with E-state index in [1.165, 1.54) is 45.2 Å². The third-order valence-electron chi connectivity index (χ3n) is 4.03. The van der Waals surface area contributed by atoms with Crippen molar-refractivity contribution in [3.63, 3.8) is 0 Å². The molecule has 0 amide bonds. The molecular formula is C12H22N2. The fourth-order valence-electron chi connectivity index (χ4n) is 2.77. The minimum absolute atomic E-state index is 0.797. The van der Waals surface area contributed by atoms with Crippen molar-refractivity contribution in [3.05, 3.63) is 0 Å². The highest BCUT2D eigenvalue weighted by Crippen LogP contribution is 2.34. The number of hydrogen-bond acceptors (Lipinski definition) is 2. The molecule has 0 aromatic carbocycles. The van der Waals surface area contributed by atoms with Crippen LogP contribution in [0, 0.1) is 5.92 Å². The Kier molecular flexibility index (Phi) is 2.29. The molecule has 1 aliphatic heterocycles. The van der Waals surface area contributed by atoms with Gasteiger partial charge in [-0.1, -0.05) is 0 Å². The summed E-state index contributed by atoms with van der Waals surface area (Å²) in [7, 11) is 0. The van der Waals surface area contributed by atoms with E-state index in [1.54, 1.807) is 0 Å². The number of likely N-dealkylation sites (tertiary alicyclic amines) is 1. The summed E-state index contributed by atoms with van der Waals surface area (Å²) >= 11 is 0. The van der Waals surface area contributed by atoms with Gasteiger partial charge in [-0.05, 0) is 51.5 Å². The molecule has 80 valence electrons. The molecule has 3 fully saturated rings. The Morgan fingerprint density at radius 3 is 2.64 bits per heavy atom. The van der Waals surface area contributed by atoms with Gasteiger partial charge in [0.2, 0.25) is 0 Å². The molecule has 14 heavy (non-hydrogen) atoms. The second-order valence-electron chi connectivity index (χ2n) is 5.56. The molecule has 2 saturated carbocycles. The highest BCUT2D eigenvalue weighted by molar-refractivity contribution is 4.96. The highest BCUT2D eigenvalue weighted by atomic mass is 15.3. The second-order valence-corrected chi connectivity index (χ2v) is 5.56. The van der Waals surface area contributed by atoms with E-state index >= 15 is 0 Å². The normalized spacial score (nSPS) is 39.2. The standard InChI is InChI=1S/C12H22N2/c1-9-6-11(13-7-10-2-3-10)8-14(9)12-4-5-12/h9-13H,2-8H2,1H3. The van der Waals surface area contributed by atoms with Gasteiger partial charge in [0.05, 0.1) is 0 Å². The van der Waals surface area contributed by atoms with Crippen molar-refractivity contribution >= 4 is 0 Å². The van der Waals surface area contributed by atoms with Crippen LogP contribution in [-0.4, -0.2) is 36.1 Å². The summed E-state index contributed by atoms with van der Waals surface area (Å²) in [5, 5.41) is 3.74. The minimum Gasteiger partial charge on any atom is -0.312 e. The first-order valence-electron chi connectivity index (χ1n) is 6.32. The molecule has 1 heterocycles. The molecule has 2 aliphatic carbocycles. The largest absolute Gasteiger partial charge is 0.312 e. The van der Waals surface area contributed by atoms with E-state index in [2.05, 4.69) is 17.1 Å². The Morgan fingerprint density at radius 2 is 2.00 bits per heavy atom. The molecule has 0 radical (unpaired) electrons. The molecule has 0 aromatic heterocycles. The predicted octanol–water partition coefficient (Wildman–Crippen LogP) is 1.61. The third kappa shape index (κ3) is 1.96. The van der Waals surface area contributed by atoms with Gasteiger partial charge in [0.1, 0.15) is 0 Å². The van der Waals surface area contributed by atoms with Gasteiger partial charge in [0.15, 0.2) is 0 Å². The van der Waals surface area contributed by atoms with Crippen molar-refractivity contribution in [3.8, 4) is 0 Å². The van der Waals surface area contributed by atoms with Crippen LogP contribution in [0.2, 0.25) is 0 Å². The summed E-state index contributed by atoms with van der Waals surface area (Å²) < 4.78 is 0. The summed E-state index contributed by atoms with van der Waals surface area (Å²) in [5.41, 5.74) is 0. The Hall–Kier alpha value is -0.0800. The van der Waals surface area contributed by atoms with E-state index in [0.29, 0.717) is 0 Å². The van der Waals surface area contributed by atoms with Crippen molar-refractivity contribution in [2.45, 2.75) is 57.2 Å². The molecule has 3 rings (SSSR count). The lowest BCUT2D eigenvalue weighted by atomic mass is 10.2. The van der Waals surface area contributed by atoms with E-state index in [-0.39, 0.29) is 0 Å². The van der Waals surface area contributed by atoms with Gasteiger partial charge in [0.25, 0.3) is 0 Å². The molecule has 0 spiro atoms. The molecule has 3 aliphatic rings. The zero-order chi connectivity index (χ0) is 9.54. The summed E-state index contributed by atoms with van der Waals surface area (Å²) in [6.07, 6.45) is 7.24. The molecule has 1 N–H and O–H groups in total. The maximum Gasteiger partial charge on any atom is 0.0210 e. The van der Waals surface area contributed by atoms with Crippen LogP contribution in [0.15, 0.2) is 0 Å². The lowest BCUT2D eigenvalue weighted by molar-refractivity contribution is 0.255. The molecule has 2 heteroatoms. The van der Waals surface area contributed by atoms with Gasteiger partial charge in [-0.2, -0.15) is 0 Å². The van der Waals surface area contributed by atoms with Crippen LogP contribution in [0.25, 0.3) is 0 Å². The van der Waals surface area contributed by atoms with E-state index in [9.17, 15) is 0 Å². The Balaban J connectivity index is 1.46. The van der Waals surface area contributed by atoms with Crippen LogP contribution < -0.4 is 5.32 Å². The topological polar surface area (TPSA) is 15.3 Å². The minimum atomic E-state index is 0.797. The first-order valence-corrected chi connectivity index (χ1v) is 6.32. The van der Waals surface area contributed by atoms with Crippen molar-refractivity contribution in [2.75, 3.05) is 13.1 Å². The molecule has 2 unspecified atom stereocenters. The first-order chi connectivity index (χ1) is 6.83. The van der Waals surface area contributed by atoms with Crippen LogP contribution in [0.3, 0.4) is 0 Å². The Labute approximate surface area is 87.0 Å². The third-order valence-corrected chi connectivity index (χ3v) is 4.03. The molecule has 2 atom stereocenters. The number of nitrogens with one attached hydrogen (secondary N) is 1. The van der Waals surface area contributed by atoms with Crippen molar-refractivity contribution < 1.29 is 0 Å². The molecule has 0 aromatic rings. The van der Waals surface area contributed by atoms with Gasteiger partial charge in [-0.15, -0.1) is 0 Å². The number of nitrogens with zero attached hydrogens (tertiary/aromatic N) is 1. The zero-order valence-electron chi connectivity index (χ0n) is 9.21. The average Bonchev–Trinajstić information content (AvgIpc) is 3.04. The zero-order valence-corrected chi connectivity index (χ0v) is 9.21. The van der Waals surface area contributed by atoms with Gasteiger partial charge < -0.3 is 5.32 Å². The lowest BCUT2D eigenvalue weighted by Gasteiger charge is -2.19. The Bertz CT molecular complexity index is 208. The second kappa shape index (κ2) is 3.49. The Morgan fingerprint density at radius 1 is 1.21 bits per heavy atom. The summed E-state index contributed by atoms with van der Waals surface area (Å²) in [4.78, 5) is 2.73. The monoisotopic (exact) mass is 194 g/mol. The SMILES string of the molecule is CC1CC(NCC2CC2)CN1C1CC1. The van der Waals surface area contributed by atoms with Crippen LogP contribution in [0.4, 0.5) is 0 Å². The van der Waals surface area contributed by atoms with Crippen LogP contribution >= 0.6 is 0 Å². The van der Waals surface area contributed by atoms with Crippen LogP contribution in [0.5, 0.6) is 0 Å². The van der Waals surface area contributed by atoms with Gasteiger partial charge >= 0.3 is 0 Å². The predicted molar refractivity (Wildman–Crippen MR) is 58.3 cm³/mol. The first kappa shape index (κ1) is 9.17. The summed E-state index contributed by atoms with van der Waals surface area (Å²) in [5.74, 6) is 1.03. The molecular weight excluding hydrogens is 172 g/mol. The summed E-state index contributed by atoms with van der Waals surface area (Å²) in [6.45, 7) is 5.01. The number of rotatable bonds is 4. The van der Waals surface area contributed by atoms with E-state index in [0.717, 1.165) is 24.0 Å². The van der Waals surface area contributed by atoms with Gasteiger partial charge in [-0.3, -0.25) is 4.90 Å². The molecule has 1 saturated heterocycles. The fraction of sp³-hybridized carbons (Fsp3) is 1.00.